The Hall–Kier alpha value is -2.74. The topological polar surface area (TPSA) is 81.0 Å². The lowest BCUT2D eigenvalue weighted by Gasteiger charge is -2.33. The van der Waals surface area contributed by atoms with E-state index in [1.54, 1.807) is 24.0 Å². The Kier molecular flexibility index (Phi) is 7.66. The van der Waals surface area contributed by atoms with Crippen LogP contribution in [0.4, 0.5) is 0 Å². The molecule has 32 heavy (non-hydrogen) atoms. The van der Waals surface area contributed by atoms with Crippen molar-refractivity contribution in [1.82, 2.24) is 9.47 Å². The van der Waals surface area contributed by atoms with Gasteiger partial charge in [0, 0.05) is 29.2 Å². The van der Waals surface area contributed by atoms with Crippen LogP contribution in [0.25, 0.3) is 0 Å². The molecule has 1 aromatic heterocycles. The highest BCUT2D eigenvalue weighted by atomic mass is 32.1. The van der Waals surface area contributed by atoms with Gasteiger partial charge in [-0.05, 0) is 59.6 Å². The number of nitrogens with zero attached hydrogens (tertiary/aromatic N) is 3. The summed E-state index contributed by atoms with van der Waals surface area (Å²) in [5.41, 5.74) is 2.52. The minimum Gasteiger partial charge on any atom is -0.466 e. The molecule has 1 unspecified atom stereocenters. The zero-order valence-corrected chi connectivity index (χ0v) is 20.2. The Bertz CT molecular complexity index is 1060. The number of ether oxygens (including phenoxy) is 1. The summed E-state index contributed by atoms with van der Waals surface area (Å²) in [5, 5.41) is 0. The van der Waals surface area contributed by atoms with Crippen molar-refractivity contribution in [3.05, 3.63) is 50.8 Å². The Morgan fingerprint density at radius 2 is 1.75 bits per heavy atom. The van der Waals surface area contributed by atoms with Gasteiger partial charge in [-0.1, -0.05) is 17.7 Å². The second-order valence-corrected chi connectivity index (χ2v) is 9.39. The van der Waals surface area contributed by atoms with Gasteiger partial charge in [-0.15, -0.1) is 11.3 Å². The second-order valence-electron chi connectivity index (χ2n) is 8.21. The van der Waals surface area contributed by atoms with Crippen LogP contribution in [0.3, 0.4) is 0 Å². The monoisotopic (exact) mass is 457 g/mol. The first-order chi connectivity index (χ1) is 15.2. The molecule has 0 saturated carbocycles. The van der Waals surface area contributed by atoms with Crippen molar-refractivity contribution in [2.45, 2.75) is 53.5 Å². The number of hydrogen-bond donors (Lipinski definition) is 0. The lowest BCUT2D eigenvalue weighted by Crippen LogP contribution is -2.44. The highest BCUT2D eigenvalue weighted by Gasteiger charge is 2.31. The van der Waals surface area contributed by atoms with Crippen molar-refractivity contribution >= 4 is 29.1 Å². The molecule has 172 valence electrons. The van der Waals surface area contributed by atoms with E-state index < -0.39 is 6.04 Å². The maximum absolute atomic E-state index is 13.3. The molecule has 0 spiro atoms. The zero-order chi connectivity index (χ0) is 23.4. The maximum Gasteiger partial charge on any atom is 0.309 e. The molecule has 2 amide bonds. The first-order valence-electron chi connectivity index (χ1n) is 11.0. The number of carbonyl (C=O) groups is 3. The zero-order valence-electron chi connectivity index (χ0n) is 19.4. The highest BCUT2D eigenvalue weighted by molar-refractivity contribution is 7.09. The Labute approximate surface area is 192 Å². The number of amides is 2. The first-order valence-corrected chi connectivity index (χ1v) is 11.8. The number of thiazole rings is 1. The summed E-state index contributed by atoms with van der Waals surface area (Å²) in [4.78, 5) is 45.7. The van der Waals surface area contributed by atoms with Gasteiger partial charge in [0.1, 0.15) is 6.04 Å². The number of aromatic nitrogens is 1. The maximum atomic E-state index is 13.3. The molecule has 8 heteroatoms. The van der Waals surface area contributed by atoms with E-state index in [-0.39, 0.29) is 23.7 Å². The number of piperidine rings is 1. The molecule has 3 rings (SSSR count). The molecular weight excluding hydrogens is 426 g/mol. The van der Waals surface area contributed by atoms with Crippen LogP contribution >= 0.6 is 11.3 Å². The van der Waals surface area contributed by atoms with Gasteiger partial charge in [-0.3, -0.25) is 14.4 Å². The average Bonchev–Trinajstić information content (AvgIpc) is 3.06. The van der Waals surface area contributed by atoms with Crippen molar-refractivity contribution in [3.63, 3.8) is 0 Å². The molecule has 1 aromatic carbocycles. The normalized spacial score (nSPS) is 16.2. The van der Waals surface area contributed by atoms with E-state index >= 15 is 0 Å². The minimum atomic E-state index is -0.497. The molecule has 0 bridgehead atoms. The van der Waals surface area contributed by atoms with E-state index in [0.717, 1.165) is 16.1 Å². The Morgan fingerprint density at radius 3 is 2.34 bits per heavy atom. The molecule has 1 aliphatic heterocycles. The molecular formula is C24H31N3O4S. The van der Waals surface area contributed by atoms with Crippen molar-refractivity contribution in [2.24, 2.45) is 10.9 Å². The third kappa shape index (κ3) is 5.18. The number of likely N-dealkylation sites (tertiary alicyclic amines) is 1. The highest BCUT2D eigenvalue weighted by Crippen LogP contribution is 2.23. The van der Waals surface area contributed by atoms with Gasteiger partial charge in [0.05, 0.1) is 12.5 Å². The van der Waals surface area contributed by atoms with Crippen LogP contribution < -0.4 is 4.80 Å². The first kappa shape index (κ1) is 23.9. The molecule has 1 fully saturated rings. The van der Waals surface area contributed by atoms with Crippen molar-refractivity contribution in [1.29, 1.82) is 0 Å². The summed E-state index contributed by atoms with van der Waals surface area (Å²) in [6, 6.07) is 6.80. The summed E-state index contributed by atoms with van der Waals surface area (Å²) >= 11 is 1.41. The molecule has 7 nitrogen and oxygen atoms in total. The predicted molar refractivity (Wildman–Crippen MR) is 124 cm³/mol. The number of rotatable bonds is 5. The van der Waals surface area contributed by atoms with Crippen LogP contribution in [-0.4, -0.2) is 46.9 Å². The van der Waals surface area contributed by atoms with Crippen LogP contribution in [0.2, 0.25) is 0 Å². The number of benzene rings is 1. The summed E-state index contributed by atoms with van der Waals surface area (Å²) < 4.78 is 6.97. The van der Waals surface area contributed by atoms with Crippen molar-refractivity contribution < 1.29 is 19.1 Å². The summed E-state index contributed by atoms with van der Waals surface area (Å²) in [5.74, 6) is -0.681. The van der Waals surface area contributed by atoms with Gasteiger partial charge in [0.15, 0.2) is 4.80 Å². The van der Waals surface area contributed by atoms with E-state index in [1.807, 2.05) is 44.4 Å². The molecule has 2 aromatic rings. The van der Waals surface area contributed by atoms with E-state index in [2.05, 4.69) is 4.99 Å². The average molecular weight is 458 g/mol. The van der Waals surface area contributed by atoms with Gasteiger partial charge >= 0.3 is 5.97 Å². The number of aryl methyl sites for hydroxylation is 2. The predicted octanol–water partition coefficient (Wildman–Crippen LogP) is 3.58. The van der Waals surface area contributed by atoms with Gasteiger partial charge in [-0.2, -0.15) is 4.99 Å². The number of esters is 1. The molecule has 0 N–H and O–H groups in total. The molecule has 2 heterocycles. The van der Waals surface area contributed by atoms with Gasteiger partial charge in [0.25, 0.3) is 5.91 Å². The van der Waals surface area contributed by atoms with Gasteiger partial charge < -0.3 is 14.2 Å². The van der Waals surface area contributed by atoms with Crippen LogP contribution in [0.5, 0.6) is 0 Å². The molecule has 0 aliphatic carbocycles. The van der Waals surface area contributed by atoms with E-state index in [0.29, 0.717) is 42.9 Å². The lowest BCUT2D eigenvalue weighted by molar-refractivity contribution is -0.151. The van der Waals surface area contributed by atoms with Crippen LogP contribution in [0.1, 0.15) is 59.2 Å². The van der Waals surface area contributed by atoms with Gasteiger partial charge in [-0.25, -0.2) is 0 Å². The van der Waals surface area contributed by atoms with E-state index in [1.165, 1.54) is 11.3 Å². The van der Waals surface area contributed by atoms with E-state index in [9.17, 15) is 14.4 Å². The van der Waals surface area contributed by atoms with Crippen molar-refractivity contribution in [3.8, 4) is 0 Å². The fraction of sp³-hybridized carbons (Fsp3) is 0.500. The summed E-state index contributed by atoms with van der Waals surface area (Å²) in [6.45, 7) is 10.9. The Morgan fingerprint density at radius 1 is 1.12 bits per heavy atom. The molecule has 1 saturated heterocycles. The fourth-order valence-electron chi connectivity index (χ4n) is 3.92. The summed E-state index contributed by atoms with van der Waals surface area (Å²) in [7, 11) is 0. The van der Waals surface area contributed by atoms with Crippen LogP contribution in [-0.2, 0) is 14.3 Å². The van der Waals surface area contributed by atoms with Crippen LogP contribution in [0.15, 0.2) is 29.3 Å². The second kappa shape index (κ2) is 10.3. The third-order valence-electron chi connectivity index (χ3n) is 5.99. The SMILES string of the molecule is CCOC(=O)C1CCN(C(=O)C(C)n2c(C)c(C)sc2=NC(=O)c2ccc(C)cc2)CC1. The van der Waals surface area contributed by atoms with Crippen molar-refractivity contribution in [2.75, 3.05) is 19.7 Å². The smallest absolute Gasteiger partial charge is 0.309 e. The van der Waals surface area contributed by atoms with Gasteiger partial charge in [0.2, 0.25) is 5.91 Å². The Balaban J connectivity index is 1.80. The van der Waals surface area contributed by atoms with E-state index in [4.69, 9.17) is 4.74 Å². The minimum absolute atomic E-state index is 0.0301. The number of hydrogen-bond acceptors (Lipinski definition) is 5. The lowest BCUT2D eigenvalue weighted by atomic mass is 9.96. The third-order valence-corrected chi connectivity index (χ3v) is 7.06. The molecule has 0 radical (unpaired) electrons. The quantitative estimate of drug-likeness (QED) is 0.643. The molecule has 1 aliphatic rings. The molecule has 1 atom stereocenters. The largest absolute Gasteiger partial charge is 0.466 e. The number of carbonyl (C=O) groups excluding carboxylic acids is 3. The fourth-order valence-corrected chi connectivity index (χ4v) is 4.97. The van der Waals surface area contributed by atoms with Crippen LogP contribution in [0, 0.1) is 26.7 Å². The summed E-state index contributed by atoms with van der Waals surface area (Å²) in [6.07, 6.45) is 1.21. The standard InChI is InChI=1S/C24H31N3O4S/c1-6-31-23(30)20-11-13-26(14-12-20)22(29)17(4)27-16(3)18(5)32-24(27)25-21(28)19-9-7-15(2)8-10-19/h7-10,17,20H,6,11-14H2,1-5H3.